The van der Waals surface area contributed by atoms with Gasteiger partial charge >= 0.3 is 5.97 Å². The van der Waals surface area contributed by atoms with E-state index < -0.39 is 23.6 Å². The third kappa shape index (κ3) is 4.80. The number of esters is 1. The molecule has 0 radical (unpaired) electrons. The average Bonchev–Trinajstić information content (AvgIpc) is 3.02. The van der Waals surface area contributed by atoms with E-state index in [2.05, 4.69) is 10.6 Å². The summed E-state index contributed by atoms with van der Waals surface area (Å²) in [5.41, 5.74) is 2.85. The molecule has 0 fully saturated rings. The summed E-state index contributed by atoms with van der Waals surface area (Å²) >= 11 is 0.927. The number of ether oxygens (including phenoxy) is 1. The molecule has 1 heterocycles. The van der Waals surface area contributed by atoms with Crippen LogP contribution in [0.5, 0.6) is 0 Å². The predicted octanol–water partition coefficient (Wildman–Crippen LogP) is 5.10. The first-order valence-electron chi connectivity index (χ1n) is 9.38. The second-order valence-electron chi connectivity index (χ2n) is 7.02. The summed E-state index contributed by atoms with van der Waals surface area (Å²) in [6, 6.07) is 11.1. The van der Waals surface area contributed by atoms with Crippen molar-refractivity contribution in [1.82, 2.24) is 0 Å². The first-order chi connectivity index (χ1) is 14.7. The quantitative estimate of drug-likeness (QED) is 0.541. The van der Waals surface area contributed by atoms with Crippen molar-refractivity contribution in [3.63, 3.8) is 0 Å². The van der Waals surface area contributed by atoms with Gasteiger partial charge in [0.05, 0.1) is 23.1 Å². The highest BCUT2D eigenvalue weighted by Gasteiger charge is 2.27. The summed E-state index contributed by atoms with van der Waals surface area (Å²) < 4.78 is 18.8. The van der Waals surface area contributed by atoms with Crippen molar-refractivity contribution >= 4 is 39.8 Å². The Morgan fingerprint density at radius 3 is 2.19 bits per heavy atom. The van der Waals surface area contributed by atoms with Gasteiger partial charge in [-0.2, -0.15) is 0 Å². The van der Waals surface area contributed by atoms with E-state index in [0.717, 1.165) is 22.5 Å². The van der Waals surface area contributed by atoms with Crippen LogP contribution in [0.1, 0.15) is 47.1 Å². The summed E-state index contributed by atoms with van der Waals surface area (Å²) in [5.74, 6) is -2.56. The van der Waals surface area contributed by atoms with Crippen molar-refractivity contribution in [2.45, 2.75) is 20.8 Å². The highest BCUT2D eigenvalue weighted by Crippen LogP contribution is 2.34. The van der Waals surface area contributed by atoms with Crippen LogP contribution in [0.4, 0.5) is 15.1 Å². The van der Waals surface area contributed by atoms with E-state index in [1.165, 1.54) is 31.4 Å². The number of anilines is 2. The smallest absolute Gasteiger partial charge is 0.341 e. The van der Waals surface area contributed by atoms with Gasteiger partial charge < -0.3 is 15.4 Å². The number of thiophene rings is 1. The van der Waals surface area contributed by atoms with Crippen molar-refractivity contribution < 1.29 is 23.5 Å². The minimum absolute atomic E-state index is 0.0581. The number of hydrogen-bond acceptors (Lipinski definition) is 5. The molecular formula is C23H21FN2O4S. The fourth-order valence-corrected chi connectivity index (χ4v) is 4.30. The maximum Gasteiger partial charge on any atom is 0.341 e. The van der Waals surface area contributed by atoms with E-state index in [4.69, 9.17) is 4.74 Å². The van der Waals surface area contributed by atoms with Crippen LogP contribution in [-0.4, -0.2) is 24.9 Å². The number of methoxy groups -OCH3 is 1. The van der Waals surface area contributed by atoms with Gasteiger partial charge in [-0.15, -0.1) is 11.3 Å². The zero-order chi connectivity index (χ0) is 22.7. The zero-order valence-electron chi connectivity index (χ0n) is 17.5. The Balaban J connectivity index is 1.96. The molecule has 8 heteroatoms. The van der Waals surface area contributed by atoms with Crippen molar-refractivity contribution in [2.75, 3.05) is 17.7 Å². The number of benzene rings is 2. The minimum atomic E-state index is -0.731. The normalized spacial score (nSPS) is 10.5. The number of rotatable bonds is 5. The highest BCUT2D eigenvalue weighted by molar-refractivity contribution is 7.19. The lowest BCUT2D eigenvalue weighted by Crippen LogP contribution is -2.15. The number of nitrogens with one attached hydrogen (secondary N) is 2. The van der Waals surface area contributed by atoms with Crippen LogP contribution >= 0.6 is 11.3 Å². The van der Waals surface area contributed by atoms with Gasteiger partial charge in [-0.25, -0.2) is 9.18 Å². The number of aryl methyl sites for hydroxylation is 2. The van der Waals surface area contributed by atoms with E-state index in [1.54, 1.807) is 6.92 Å². The lowest BCUT2D eigenvalue weighted by atomic mass is 10.1. The van der Waals surface area contributed by atoms with E-state index in [1.807, 2.05) is 32.0 Å². The second kappa shape index (κ2) is 9.09. The Hall–Kier alpha value is -3.52. The lowest BCUT2D eigenvalue weighted by molar-refractivity contribution is 0.0601. The van der Waals surface area contributed by atoms with Crippen molar-refractivity contribution in [1.29, 1.82) is 0 Å². The van der Waals surface area contributed by atoms with Gasteiger partial charge in [0, 0.05) is 5.69 Å². The number of halogens is 1. The molecule has 160 valence electrons. The van der Waals surface area contributed by atoms with Crippen LogP contribution in [-0.2, 0) is 4.74 Å². The molecule has 1 aromatic heterocycles. The molecule has 0 aliphatic heterocycles. The van der Waals surface area contributed by atoms with Gasteiger partial charge in [0.2, 0.25) is 0 Å². The van der Waals surface area contributed by atoms with E-state index in [9.17, 15) is 18.8 Å². The van der Waals surface area contributed by atoms with Crippen LogP contribution in [0.15, 0.2) is 42.5 Å². The molecule has 31 heavy (non-hydrogen) atoms. The molecule has 0 aliphatic carbocycles. The van der Waals surface area contributed by atoms with Crippen molar-refractivity contribution in [2.24, 2.45) is 0 Å². The van der Waals surface area contributed by atoms with Gasteiger partial charge in [0.25, 0.3) is 11.8 Å². The fraction of sp³-hybridized carbons (Fsp3) is 0.174. The van der Waals surface area contributed by atoms with Crippen LogP contribution in [0.25, 0.3) is 0 Å². The van der Waals surface area contributed by atoms with Gasteiger partial charge in [-0.1, -0.05) is 18.2 Å². The summed E-state index contributed by atoms with van der Waals surface area (Å²) in [6.07, 6.45) is 0. The number of carbonyl (C=O) groups is 3. The third-order valence-corrected chi connectivity index (χ3v) is 5.77. The van der Waals surface area contributed by atoms with Crippen LogP contribution in [0, 0.1) is 26.6 Å². The standard InChI is InChI=1S/C23H21FN2O4S/c1-12-9-13(2)11-15(10-12)25-21(28)19-14(3)18(23(29)30-4)22(31-19)26-20(27)16-7-5-6-8-17(16)24/h5-11H,1-4H3,(H,25,28)(H,26,27). The molecule has 2 aromatic carbocycles. The number of carbonyl (C=O) groups excluding carboxylic acids is 3. The first-order valence-corrected chi connectivity index (χ1v) is 10.2. The van der Waals surface area contributed by atoms with E-state index in [0.29, 0.717) is 11.3 Å². The second-order valence-corrected chi connectivity index (χ2v) is 8.04. The molecule has 2 N–H and O–H groups in total. The molecule has 0 bridgehead atoms. The molecular weight excluding hydrogens is 419 g/mol. The van der Waals surface area contributed by atoms with Gasteiger partial charge in [0.1, 0.15) is 10.8 Å². The van der Waals surface area contributed by atoms with Crippen molar-refractivity contribution in [3.05, 3.63) is 81.0 Å². The third-order valence-electron chi connectivity index (χ3n) is 4.57. The first kappa shape index (κ1) is 22.2. The minimum Gasteiger partial charge on any atom is -0.465 e. The maximum atomic E-state index is 14.0. The summed E-state index contributed by atoms with van der Waals surface area (Å²) in [4.78, 5) is 38.1. The molecule has 0 atom stereocenters. The Labute approximate surface area is 183 Å². The Bertz CT molecular complexity index is 1170. The Kier molecular flexibility index (Phi) is 6.50. The summed E-state index contributed by atoms with van der Waals surface area (Å²) in [5, 5.41) is 5.47. The van der Waals surface area contributed by atoms with Gasteiger partial charge in [-0.05, 0) is 61.7 Å². The Morgan fingerprint density at radius 1 is 0.935 bits per heavy atom. The highest BCUT2D eigenvalue weighted by atomic mass is 32.1. The molecule has 6 nitrogen and oxygen atoms in total. The topological polar surface area (TPSA) is 84.5 Å². The molecule has 0 spiro atoms. The Morgan fingerprint density at radius 2 is 1.58 bits per heavy atom. The molecule has 3 rings (SSSR count). The SMILES string of the molecule is COC(=O)c1c(NC(=O)c2ccccc2F)sc(C(=O)Nc2cc(C)cc(C)c2)c1C. The zero-order valence-corrected chi connectivity index (χ0v) is 18.3. The van der Waals surface area contributed by atoms with E-state index in [-0.39, 0.29) is 21.0 Å². The maximum absolute atomic E-state index is 14.0. The molecule has 0 unspecified atom stereocenters. The fourth-order valence-electron chi connectivity index (χ4n) is 3.22. The largest absolute Gasteiger partial charge is 0.465 e. The molecule has 0 saturated carbocycles. The molecule has 2 amide bonds. The van der Waals surface area contributed by atoms with Crippen LogP contribution in [0.2, 0.25) is 0 Å². The van der Waals surface area contributed by atoms with Gasteiger partial charge in [-0.3, -0.25) is 9.59 Å². The summed E-state index contributed by atoms with van der Waals surface area (Å²) in [7, 11) is 1.21. The van der Waals surface area contributed by atoms with E-state index >= 15 is 0 Å². The molecule has 0 saturated heterocycles. The van der Waals surface area contributed by atoms with Gasteiger partial charge in [0.15, 0.2) is 0 Å². The van der Waals surface area contributed by atoms with Crippen molar-refractivity contribution in [3.8, 4) is 0 Å². The molecule has 3 aromatic rings. The van der Waals surface area contributed by atoms with Crippen LogP contribution < -0.4 is 10.6 Å². The predicted molar refractivity (Wildman–Crippen MR) is 119 cm³/mol. The summed E-state index contributed by atoms with van der Waals surface area (Å²) in [6.45, 7) is 5.44. The molecule has 0 aliphatic rings. The lowest BCUT2D eigenvalue weighted by Gasteiger charge is -2.07. The average molecular weight is 440 g/mol. The number of amides is 2. The van der Waals surface area contributed by atoms with Crippen LogP contribution in [0.3, 0.4) is 0 Å². The number of hydrogen-bond donors (Lipinski definition) is 2. The monoisotopic (exact) mass is 440 g/mol.